The van der Waals surface area contributed by atoms with Crippen LogP contribution in [0.15, 0.2) is 59.8 Å². The molecule has 0 atom stereocenters. The molecule has 0 fully saturated rings. The van der Waals surface area contributed by atoms with Crippen LogP contribution in [-0.4, -0.2) is 32.9 Å². The Morgan fingerprint density at radius 2 is 1.83 bits per heavy atom. The van der Waals surface area contributed by atoms with Gasteiger partial charge in [0.1, 0.15) is 29.7 Å². The number of aliphatic hydroxyl groups excluding tert-OH is 1. The predicted octanol–water partition coefficient (Wildman–Crippen LogP) is 4.30. The van der Waals surface area contributed by atoms with Gasteiger partial charge in [-0.3, -0.25) is 4.79 Å². The fraction of sp³-hybridized carbons (Fsp3) is 0.174. The summed E-state index contributed by atoms with van der Waals surface area (Å²) in [5.74, 6) is -3.06. The van der Waals surface area contributed by atoms with Crippen LogP contribution in [0.4, 0.5) is 22.0 Å². The minimum atomic E-state index is -4.89. The van der Waals surface area contributed by atoms with Gasteiger partial charge in [-0.15, -0.1) is 0 Å². The number of halogens is 5. The fourth-order valence-electron chi connectivity index (χ4n) is 3.37. The molecule has 0 radical (unpaired) electrons. The first-order valence-corrected chi connectivity index (χ1v) is 10.1. The molecule has 0 bridgehead atoms. The van der Waals surface area contributed by atoms with E-state index >= 15 is 0 Å². The molecule has 35 heavy (non-hydrogen) atoms. The summed E-state index contributed by atoms with van der Waals surface area (Å²) >= 11 is 0. The number of hydrogen-bond donors (Lipinski definition) is 1. The van der Waals surface area contributed by atoms with Gasteiger partial charge in [0.2, 0.25) is 5.88 Å². The van der Waals surface area contributed by atoms with Crippen LogP contribution in [0.3, 0.4) is 0 Å². The summed E-state index contributed by atoms with van der Waals surface area (Å²) in [7, 11) is 0. The van der Waals surface area contributed by atoms with Crippen LogP contribution in [0.5, 0.6) is 17.4 Å². The lowest BCUT2D eigenvalue weighted by Crippen LogP contribution is -2.14. The highest BCUT2D eigenvalue weighted by Gasteiger charge is 2.39. The molecular weight excluding hydrogens is 477 g/mol. The van der Waals surface area contributed by atoms with Gasteiger partial charge in [-0.1, -0.05) is 6.07 Å². The Balaban J connectivity index is 1.72. The molecule has 182 valence electrons. The van der Waals surface area contributed by atoms with E-state index < -0.39 is 47.2 Å². The van der Waals surface area contributed by atoms with Crippen LogP contribution < -0.4 is 15.0 Å². The number of aliphatic hydroxyl groups is 1. The highest BCUT2D eigenvalue weighted by atomic mass is 19.4. The zero-order valence-corrected chi connectivity index (χ0v) is 17.7. The lowest BCUT2D eigenvalue weighted by Gasteiger charge is -2.17. The number of alkyl halides is 3. The van der Waals surface area contributed by atoms with Crippen LogP contribution in [0.2, 0.25) is 0 Å². The Labute approximate surface area is 194 Å². The Kier molecular flexibility index (Phi) is 6.65. The number of ether oxygens (including phenoxy) is 2. The first kappa shape index (κ1) is 24.1. The van der Waals surface area contributed by atoms with E-state index in [9.17, 15) is 26.7 Å². The normalized spacial score (nSPS) is 11.6. The molecule has 2 heterocycles. The third-order valence-electron chi connectivity index (χ3n) is 4.90. The first-order chi connectivity index (χ1) is 16.7. The Morgan fingerprint density at radius 3 is 2.54 bits per heavy atom. The molecule has 2 aromatic carbocycles. The largest absolute Gasteiger partial charge is 0.490 e. The third kappa shape index (κ3) is 5.22. The van der Waals surface area contributed by atoms with Crippen LogP contribution in [0.1, 0.15) is 11.1 Å². The summed E-state index contributed by atoms with van der Waals surface area (Å²) < 4.78 is 80.1. The predicted molar refractivity (Wildman–Crippen MR) is 113 cm³/mol. The number of nitrogens with zero attached hydrogens (tertiary/aromatic N) is 3. The Morgan fingerprint density at radius 1 is 1.03 bits per heavy atom. The van der Waals surface area contributed by atoms with Gasteiger partial charge in [0.05, 0.1) is 30.4 Å². The molecule has 0 saturated carbocycles. The minimum Gasteiger partial charge on any atom is -0.490 e. The number of hydrogen-bond acceptors (Lipinski definition) is 6. The molecule has 12 heteroatoms. The SMILES string of the molecule is O=c1ncn(Cc2ccc(F)cc2F)c2ccc(Oc3nccc(OCCO)c3C(F)(F)F)cc12. The van der Waals surface area contributed by atoms with Gasteiger partial charge in [0.25, 0.3) is 5.56 Å². The summed E-state index contributed by atoms with van der Waals surface area (Å²) in [5.41, 5.74) is -1.54. The minimum absolute atomic E-state index is 0.00577. The van der Waals surface area contributed by atoms with Crippen molar-refractivity contribution in [3.63, 3.8) is 0 Å². The highest BCUT2D eigenvalue weighted by molar-refractivity contribution is 5.79. The van der Waals surface area contributed by atoms with E-state index in [0.717, 1.165) is 24.4 Å². The van der Waals surface area contributed by atoms with Crippen molar-refractivity contribution in [2.45, 2.75) is 12.7 Å². The standard InChI is InChI=1S/C23H16F5N3O4/c24-14-2-1-13(17(25)9-14)11-31-12-30-21(33)16-10-15(3-4-18(16)31)35-22-20(23(26,27)28)19(5-6-29-22)34-8-7-32/h1-6,9-10,12,32H,7-8,11H2. The van der Waals surface area contributed by atoms with E-state index in [-0.39, 0.29) is 29.9 Å². The quantitative estimate of drug-likeness (QED) is 0.387. The molecule has 0 aliphatic carbocycles. The maximum Gasteiger partial charge on any atom is 0.425 e. The molecule has 0 unspecified atom stereocenters. The van der Waals surface area contributed by atoms with Crippen molar-refractivity contribution < 1.29 is 36.5 Å². The number of rotatable bonds is 7. The average molecular weight is 493 g/mol. The van der Waals surface area contributed by atoms with Gasteiger partial charge < -0.3 is 19.1 Å². The van der Waals surface area contributed by atoms with Gasteiger partial charge in [-0.2, -0.15) is 18.2 Å². The molecular formula is C23H16F5N3O4. The molecule has 7 nitrogen and oxygen atoms in total. The molecule has 0 saturated heterocycles. The monoisotopic (exact) mass is 493 g/mol. The second-order valence-electron chi connectivity index (χ2n) is 7.25. The third-order valence-corrected chi connectivity index (χ3v) is 4.90. The smallest absolute Gasteiger partial charge is 0.425 e. The van der Waals surface area contributed by atoms with Gasteiger partial charge in [0.15, 0.2) is 5.56 Å². The van der Waals surface area contributed by atoms with Crippen molar-refractivity contribution in [2.24, 2.45) is 0 Å². The second kappa shape index (κ2) is 9.66. The highest BCUT2D eigenvalue weighted by Crippen LogP contribution is 2.42. The van der Waals surface area contributed by atoms with Crippen molar-refractivity contribution in [3.05, 3.63) is 88.1 Å². The molecule has 0 amide bonds. The second-order valence-corrected chi connectivity index (χ2v) is 7.25. The van der Waals surface area contributed by atoms with E-state index in [1.165, 1.54) is 35.2 Å². The van der Waals surface area contributed by atoms with Crippen molar-refractivity contribution in [2.75, 3.05) is 13.2 Å². The zero-order chi connectivity index (χ0) is 25.2. The average Bonchev–Trinajstić information content (AvgIpc) is 2.80. The zero-order valence-electron chi connectivity index (χ0n) is 17.7. The van der Waals surface area contributed by atoms with Gasteiger partial charge in [-0.05, 0) is 30.3 Å². The van der Waals surface area contributed by atoms with Crippen LogP contribution in [0, 0.1) is 11.6 Å². The van der Waals surface area contributed by atoms with Crippen molar-refractivity contribution >= 4 is 10.9 Å². The maximum atomic E-state index is 14.1. The molecule has 1 N–H and O–H groups in total. The van der Waals surface area contributed by atoms with Gasteiger partial charge in [0, 0.05) is 17.8 Å². The Hall–Kier alpha value is -4.06. The van der Waals surface area contributed by atoms with Crippen LogP contribution in [-0.2, 0) is 12.7 Å². The fourth-order valence-corrected chi connectivity index (χ4v) is 3.37. The molecule has 0 spiro atoms. The van der Waals surface area contributed by atoms with E-state index in [0.29, 0.717) is 5.52 Å². The van der Waals surface area contributed by atoms with Gasteiger partial charge in [-0.25, -0.2) is 13.8 Å². The van der Waals surface area contributed by atoms with Crippen LogP contribution in [0.25, 0.3) is 10.9 Å². The summed E-state index contributed by atoms with van der Waals surface area (Å²) in [6.07, 6.45) is -2.66. The van der Waals surface area contributed by atoms with Crippen LogP contribution >= 0.6 is 0 Å². The maximum absolute atomic E-state index is 14.1. The van der Waals surface area contributed by atoms with E-state index in [1.807, 2.05) is 0 Å². The number of fused-ring (bicyclic) bond motifs is 1. The molecule has 4 aromatic rings. The van der Waals surface area contributed by atoms with E-state index in [2.05, 4.69) is 9.97 Å². The molecule has 4 rings (SSSR count). The van der Waals surface area contributed by atoms with Crippen molar-refractivity contribution in [1.82, 2.24) is 14.5 Å². The lowest BCUT2D eigenvalue weighted by atomic mass is 10.2. The number of benzene rings is 2. The lowest BCUT2D eigenvalue weighted by molar-refractivity contribution is -0.140. The topological polar surface area (TPSA) is 86.5 Å². The summed E-state index contributed by atoms with van der Waals surface area (Å²) in [6, 6.07) is 7.95. The number of pyridine rings is 1. The van der Waals surface area contributed by atoms with E-state index in [1.54, 1.807) is 0 Å². The Bertz CT molecular complexity index is 1440. The summed E-state index contributed by atoms with van der Waals surface area (Å²) in [6.45, 7) is -0.954. The molecule has 0 aliphatic heterocycles. The van der Waals surface area contributed by atoms with Gasteiger partial charge >= 0.3 is 6.18 Å². The number of aromatic nitrogens is 3. The molecule has 0 aliphatic rings. The summed E-state index contributed by atoms with van der Waals surface area (Å²) in [5, 5.41) is 8.86. The van der Waals surface area contributed by atoms with Crippen molar-refractivity contribution in [3.8, 4) is 17.4 Å². The summed E-state index contributed by atoms with van der Waals surface area (Å²) in [4.78, 5) is 19.7. The first-order valence-electron chi connectivity index (χ1n) is 10.1. The van der Waals surface area contributed by atoms with E-state index in [4.69, 9.17) is 14.6 Å². The van der Waals surface area contributed by atoms with Crippen molar-refractivity contribution in [1.29, 1.82) is 0 Å². The molecule has 2 aromatic heterocycles.